The molecule has 5 nitrogen and oxygen atoms in total. The number of aromatic nitrogens is 1. The lowest BCUT2D eigenvalue weighted by atomic mass is 10.0. The molecular formula is C18H16F3NO4. The Morgan fingerprint density at radius 2 is 1.96 bits per heavy atom. The topological polar surface area (TPSA) is 57.7 Å². The van der Waals surface area contributed by atoms with E-state index >= 15 is 0 Å². The molecule has 0 spiro atoms. The van der Waals surface area contributed by atoms with Crippen molar-refractivity contribution in [3.63, 3.8) is 0 Å². The van der Waals surface area contributed by atoms with Crippen LogP contribution in [0.2, 0.25) is 0 Å². The average Bonchev–Trinajstić information content (AvgIpc) is 2.61. The molecule has 0 aliphatic carbocycles. The van der Waals surface area contributed by atoms with Crippen molar-refractivity contribution in [1.82, 2.24) is 4.98 Å². The fraction of sp³-hybridized carbons (Fsp3) is 0.333. The predicted molar refractivity (Wildman–Crippen MR) is 85.4 cm³/mol. The average molecular weight is 367 g/mol. The molecule has 1 aromatic heterocycles. The Bertz CT molecular complexity index is 799. The van der Waals surface area contributed by atoms with E-state index in [4.69, 9.17) is 9.47 Å². The highest BCUT2D eigenvalue weighted by atomic mass is 19.1. The Hall–Kier alpha value is -2.61. The molecule has 0 radical (unpaired) electrons. The number of carbonyl (C=O) groups is 1. The molecular weight excluding hydrogens is 351 g/mol. The number of esters is 1. The van der Waals surface area contributed by atoms with Gasteiger partial charge in [0.2, 0.25) is 0 Å². The van der Waals surface area contributed by atoms with E-state index in [2.05, 4.69) is 9.72 Å². The number of hydrogen-bond donors (Lipinski definition) is 0. The van der Waals surface area contributed by atoms with Crippen LogP contribution in [-0.4, -0.2) is 37.4 Å². The maximum atomic E-state index is 14.6. The first-order chi connectivity index (χ1) is 12.5. The third-order valence-corrected chi connectivity index (χ3v) is 3.94. The van der Waals surface area contributed by atoms with Crippen LogP contribution in [0.15, 0.2) is 24.4 Å². The van der Waals surface area contributed by atoms with Crippen LogP contribution >= 0.6 is 0 Å². The van der Waals surface area contributed by atoms with Crippen LogP contribution < -0.4 is 4.74 Å². The quantitative estimate of drug-likeness (QED) is 0.774. The molecule has 0 amide bonds. The number of halogens is 3. The van der Waals surface area contributed by atoms with Crippen molar-refractivity contribution in [3.8, 4) is 16.9 Å². The zero-order chi connectivity index (χ0) is 18.7. The number of carbonyl (C=O) groups excluding carboxylic acids is 1. The highest BCUT2D eigenvalue weighted by Crippen LogP contribution is 2.33. The van der Waals surface area contributed by atoms with E-state index in [-0.39, 0.29) is 23.1 Å². The van der Waals surface area contributed by atoms with Crippen molar-refractivity contribution in [2.45, 2.75) is 18.9 Å². The summed E-state index contributed by atoms with van der Waals surface area (Å²) < 4.78 is 58.0. The lowest BCUT2D eigenvalue weighted by Gasteiger charge is -2.23. The molecule has 1 aliphatic heterocycles. The van der Waals surface area contributed by atoms with Gasteiger partial charge in [0.15, 0.2) is 5.69 Å². The molecule has 1 aliphatic rings. The molecule has 3 rings (SSSR count). The number of benzene rings is 1. The molecule has 0 saturated carbocycles. The molecule has 1 unspecified atom stereocenters. The fourth-order valence-electron chi connectivity index (χ4n) is 2.76. The molecule has 138 valence electrons. The van der Waals surface area contributed by atoms with Gasteiger partial charge < -0.3 is 14.2 Å². The van der Waals surface area contributed by atoms with Crippen LogP contribution in [0.25, 0.3) is 11.1 Å². The van der Waals surface area contributed by atoms with Crippen LogP contribution in [0.5, 0.6) is 5.75 Å². The van der Waals surface area contributed by atoms with Gasteiger partial charge in [-0.25, -0.2) is 22.9 Å². The largest absolute Gasteiger partial charge is 0.488 e. The van der Waals surface area contributed by atoms with Crippen LogP contribution in [0, 0.1) is 17.5 Å². The van der Waals surface area contributed by atoms with Crippen molar-refractivity contribution in [2.75, 3.05) is 20.3 Å². The number of rotatable bonds is 4. The molecule has 1 atom stereocenters. The van der Waals surface area contributed by atoms with Crippen LogP contribution in [-0.2, 0) is 9.47 Å². The SMILES string of the molecule is COC(=O)c1ncc(F)cc1-c1c(F)cc(OC2CCCOC2)cc1F. The standard InChI is InChI=1S/C18H16F3NO4/c1-24-18(23)17-13(5-10(19)8-22-17)16-14(20)6-12(7-15(16)21)26-11-3-2-4-25-9-11/h5-8,11H,2-4,9H2,1H3. The summed E-state index contributed by atoms with van der Waals surface area (Å²) in [5, 5.41) is 0. The van der Waals surface area contributed by atoms with Crippen LogP contribution in [0.1, 0.15) is 23.3 Å². The van der Waals surface area contributed by atoms with E-state index in [9.17, 15) is 18.0 Å². The number of ether oxygens (including phenoxy) is 3. The Morgan fingerprint density at radius 3 is 2.58 bits per heavy atom. The highest BCUT2D eigenvalue weighted by molar-refractivity contribution is 5.95. The zero-order valence-corrected chi connectivity index (χ0v) is 13.9. The van der Waals surface area contributed by atoms with Gasteiger partial charge in [0.1, 0.15) is 29.3 Å². The molecule has 0 N–H and O–H groups in total. The van der Waals surface area contributed by atoms with Crippen LogP contribution in [0.3, 0.4) is 0 Å². The second-order valence-corrected chi connectivity index (χ2v) is 5.76. The summed E-state index contributed by atoms with van der Waals surface area (Å²) in [5.41, 5.74) is -1.30. The lowest BCUT2D eigenvalue weighted by Crippen LogP contribution is -2.28. The summed E-state index contributed by atoms with van der Waals surface area (Å²) in [7, 11) is 1.09. The van der Waals surface area contributed by atoms with E-state index in [1.54, 1.807) is 0 Å². The predicted octanol–water partition coefficient (Wildman–Crippen LogP) is 3.51. The molecule has 0 bridgehead atoms. The van der Waals surface area contributed by atoms with E-state index in [0.717, 1.165) is 37.9 Å². The number of nitrogens with zero attached hydrogens (tertiary/aromatic N) is 1. The van der Waals surface area contributed by atoms with Gasteiger partial charge in [-0.1, -0.05) is 0 Å². The lowest BCUT2D eigenvalue weighted by molar-refractivity contribution is 0.00720. The maximum Gasteiger partial charge on any atom is 0.357 e. The number of methoxy groups -OCH3 is 1. The van der Waals surface area contributed by atoms with Crippen molar-refractivity contribution < 1.29 is 32.2 Å². The van der Waals surface area contributed by atoms with Crippen molar-refractivity contribution in [2.24, 2.45) is 0 Å². The Kier molecular flexibility index (Phi) is 5.41. The van der Waals surface area contributed by atoms with E-state index in [1.165, 1.54) is 0 Å². The normalized spacial score (nSPS) is 17.0. The summed E-state index contributed by atoms with van der Waals surface area (Å²) in [6, 6.07) is 2.80. The van der Waals surface area contributed by atoms with E-state index in [1.807, 2.05) is 0 Å². The van der Waals surface area contributed by atoms with Crippen molar-refractivity contribution in [3.05, 3.63) is 47.5 Å². The van der Waals surface area contributed by atoms with Gasteiger partial charge in [-0.3, -0.25) is 0 Å². The molecule has 26 heavy (non-hydrogen) atoms. The Labute approximate surface area is 147 Å². The maximum absolute atomic E-state index is 14.6. The minimum absolute atomic E-state index is 0.0109. The van der Waals surface area contributed by atoms with Gasteiger partial charge in [0.25, 0.3) is 0 Å². The summed E-state index contributed by atoms with van der Waals surface area (Å²) in [6.07, 6.45) is 1.98. The fourth-order valence-corrected chi connectivity index (χ4v) is 2.76. The molecule has 2 aromatic rings. The van der Waals surface area contributed by atoms with Crippen molar-refractivity contribution in [1.29, 1.82) is 0 Å². The van der Waals surface area contributed by atoms with Gasteiger partial charge in [0, 0.05) is 24.3 Å². The van der Waals surface area contributed by atoms with Gasteiger partial charge >= 0.3 is 5.97 Å². The van der Waals surface area contributed by atoms with Gasteiger partial charge in [0.05, 0.1) is 25.5 Å². The smallest absolute Gasteiger partial charge is 0.357 e. The van der Waals surface area contributed by atoms with Gasteiger partial charge in [-0.05, 0) is 18.9 Å². The minimum atomic E-state index is -1.01. The second kappa shape index (κ2) is 7.74. The van der Waals surface area contributed by atoms with Gasteiger partial charge in [-0.2, -0.15) is 0 Å². The first-order valence-electron chi connectivity index (χ1n) is 7.97. The molecule has 1 aromatic carbocycles. The highest BCUT2D eigenvalue weighted by Gasteiger charge is 2.24. The Morgan fingerprint density at radius 1 is 1.23 bits per heavy atom. The van der Waals surface area contributed by atoms with E-state index < -0.39 is 29.0 Å². The summed E-state index contributed by atoms with van der Waals surface area (Å²) >= 11 is 0. The summed E-state index contributed by atoms with van der Waals surface area (Å²) in [4.78, 5) is 15.4. The molecule has 1 saturated heterocycles. The van der Waals surface area contributed by atoms with Crippen molar-refractivity contribution >= 4 is 5.97 Å². The first-order valence-corrected chi connectivity index (χ1v) is 7.97. The van der Waals surface area contributed by atoms with Crippen LogP contribution in [0.4, 0.5) is 13.2 Å². The summed E-state index contributed by atoms with van der Waals surface area (Å²) in [5.74, 6) is -3.79. The van der Waals surface area contributed by atoms with E-state index in [0.29, 0.717) is 19.6 Å². The first kappa shape index (κ1) is 18.2. The van der Waals surface area contributed by atoms with Gasteiger partial charge in [-0.15, -0.1) is 0 Å². The number of hydrogen-bond acceptors (Lipinski definition) is 5. The Balaban J connectivity index is 1.99. The molecule has 2 heterocycles. The zero-order valence-electron chi connectivity index (χ0n) is 13.9. The summed E-state index contributed by atoms with van der Waals surface area (Å²) in [6.45, 7) is 0.968. The second-order valence-electron chi connectivity index (χ2n) is 5.76. The molecule has 8 heteroatoms. The molecule has 1 fully saturated rings. The third kappa shape index (κ3) is 3.80. The number of pyridine rings is 1. The third-order valence-electron chi connectivity index (χ3n) is 3.94. The minimum Gasteiger partial charge on any atom is -0.488 e. The monoisotopic (exact) mass is 367 g/mol.